The molecule has 0 saturated carbocycles. The summed E-state index contributed by atoms with van der Waals surface area (Å²) >= 11 is 0. The van der Waals surface area contributed by atoms with E-state index in [1.54, 1.807) is 6.92 Å². The van der Waals surface area contributed by atoms with Crippen LogP contribution >= 0.6 is 0 Å². The normalized spacial score (nSPS) is 10.6. The molecular formula is C14H16N2O2. The van der Waals surface area contributed by atoms with Gasteiger partial charge in [-0.25, -0.2) is 0 Å². The van der Waals surface area contributed by atoms with Gasteiger partial charge in [-0.1, -0.05) is 25.1 Å². The highest BCUT2D eigenvalue weighted by atomic mass is 16.2. The largest absolute Gasteiger partial charge is 0.352 e. The number of aromatic amines is 1. The van der Waals surface area contributed by atoms with E-state index in [4.69, 9.17) is 0 Å². The predicted octanol–water partition coefficient (Wildman–Crippen LogP) is 1.98. The number of pyridine rings is 1. The van der Waals surface area contributed by atoms with Crippen LogP contribution in [0.3, 0.4) is 0 Å². The smallest absolute Gasteiger partial charge is 0.261 e. The summed E-state index contributed by atoms with van der Waals surface area (Å²) in [5, 5.41) is 3.64. The average molecular weight is 244 g/mol. The molecule has 0 unspecified atom stereocenters. The molecule has 0 radical (unpaired) electrons. The van der Waals surface area contributed by atoms with Crippen molar-refractivity contribution in [3.63, 3.8) is 0 Å². The third-order valence-electron chi connectivity index (χ3n) is 2.94. The molecule has 1 aromatic heterocycles. The minimum Gasteiger partial charge on any atom is -0.352 e. The molecule has 0 aliphatic rings. The second-order valence-corrected chi connectivity index (χ2v) is 4.26. The van der Waals surface area contributed by atoms with Gasteiger partial charge >= 0.3 is 0 Å². The second-order valence-electron chi connectivity index (χ2n) is 4.26. The van der Waals surface area contributed by atoms with Gasteiger partial charge in [-0.3, -0.25) is 9.59 Å². The highest BCUT2D eigenvalue weighted by molar-refractivity contribution is 5.99. The molecule has 18 heavy (non-hydrogen) atoms. The summed E-state index contributed by atoms with van der Waals surface area (Å²) in [6.45, 7) is 4.35. The Bertz CT molecular complexity index is 644. The molecule has 0 spiro atoms. The van der Waals surface area contributed by atoms with Crippen molar-refractivity contribution in [3.05, 3.63) is 45.7 Å². The number of aryl methyl sites for hydroxylation is 1. The van der Waals surface area contributed by atoms with E-state index in [-0.39, 0.29) is 17.0 Å². The van der Waals surface area contributed by atoms with E-state index in [9.17, 15) is 9.59 Å². The van der Waals surface area contributed by atoms with E-state index in [0.29, 0.717) is 6.54 Å². The van der Waals surface area contributed by atoms with Gasteiger partial charge in [0.1, 0.15) is 5.56 Å². The van der Waals surface area contributed by atoms with Gasteiger partial charge in [0, 0.05) is 17.4 Å². The van der Waals surface area contributed by atoms with Gasteiger partial charge in [-0.2, -0.15) is 0 Å². The number of amides is 1. The summed E-state index contributed by atoms with van der Waals surface area (Å²) in [7, 11) is 0. The van der Waals surface area contributed by atoms with Crippen molar-refractivity contribution in [3.8, 4) is 0 Å². The fraction of sp³-hybridized carbons (Fsp3) is 0.286. The van der Waals surface area contributed by atoms with Gasteiger partial charge < -0.3 is 10.3 Å². The van der Waals surface area contributed by atoms with E-state index in [2.05, 4.69) is 10.3 Å². The van der Waals surface area contributed by atoms with Crippen LogP contribution in [0.4, 0.5) is 0 Å². The summed E-state index contributed by atoms with van der Waals surface area (Å²) in [4.78, 5) is 26.6. The number of carbonyl (C=O) groups excluding carboxylic acids is 1. The summed E-state index contributed by atoms with van der Waals surface area (Å²) in [5.74, 6) is -0.304. The standard InChI is InChI=1S/C14H16N2O2/c1-3-8-15-13(17)12-9(2)10-6-4-5-7-11(10)16-14(12)18/h4-7H,3,8H2,1-2H3,(H,15,17)(H,16,18). The molecule has 94 valence electrons. The van der Waals surface area contributed by atoms with Gasteiger partial charge in [0.2, 0.25) is 0 Å². The highest BCUT2D eigenvalue weighted by Crippen LogP contribution is 2.16. The zero-order chi connectivity index (χ0) is 13.1. The van der Waals surface area contributed by atoms with E-state index in [0.717, 1.165) is 22.9 Å². The highest BCUT2D eigenvalue weighted by Gasteiger charge is 2.15. The molecule has 4 nitrogen and oxygen atoms in total. The Morgan fingerprint density at radius 1 is 1.33 bits per heavy atom. The van der Waals surface area contributed by atoms with E-state index in [1.165, 1.54) is 0 Å². The Balaban J connectivity index is 2.57. The maximum absolute atomic E-state index is 12.0. The number of para-hydroxylation sites is 1. The third-order valence-corrected chi connectivity index (χ3v) is 2.94. The lowest BCUT2D eigenvalue weighted by Gasteiger charge is -2.08. The van der Waals surface area contributed by atoms with Crippen LogP contribution in [0.1, 0.15) is 29.3 Å². The molecule has 0 bridgehead atoms. The molecular weight excluding hydrogens is 228 g/mol. The maximum atomic E-state index is 12.0. The number of fused-ring (bicyclic) bond motifs is 1. The van der Waals surface area contributed by atoms with Gasteiger partial charge in [-0.15, -0.1) is 0 Å². The van der Waals surface area contributed by atoms with Gasteiger partial charge in [0.15, 0.2) is 0 Å². The molecule has 0 aliphatic carbocycles. The van der Waals surface area contributed by atoms with Crippen LogP contribution in [0.25, 0.3) is 10.9 Å². The zero-order valence-electron chi connectivity index (χ0n) is 10.5. The molecule has 0 fully saturated rings. The Hall–Kier alpha value is -2.10. The predicted molar refractivity (Wildman–Crippen MR) is 71.9 cm³/mol. The van der Waals surface area contributed by atoms with Crippen molar-refractivity contribution in [2.45, 2.75) is 20.3 Å². The van der Waals surface area contributed by atoms with Gasteiger partial charge in [-0.05, 0) is 25.0 Å². The van der Waals surface area contributed by atoms with Crippen molar-refractivity contribution in [1.82, 2.24) is 10.3 Å². The minimum atomic E-state index is -0.334. The van der Waals surface area contributed by atoms with Crippen LogP contribution in [-0.2, 0) is 0 Å². The fourth-order valence-corrected chi connectivity index (χ4v) is 2.01. The molecule has 0 atom stereocenters. The first-order chi connectivity index (χ1) is 8.65. The molecule has 1 aromatic carbocycles. The number of aromatic nitrogens is 1. The SMILES string of the molecule is CCCNC(=O)c1c(C)c2ccccc2[nH]c1=O. The second kappa shape index (κ2) is 5.04. The average Bonchev–Trinajstić information content (AvgIpc) is 2.36. The molecule has 2 aromatic rings. The lowest BCUT2D eigenvalue weighted by atomic mass is 10.0. The maximum Gasteiger partial charge on any atom is 0.261 e. The minimum absolute atomic E-state index is 0.210. The summed E-state index contributed by atoms with van der Waals surface area (Å²) in [6.07, 6.45) is 0.844. The summed E-state index contributed by atoms with van der Waals surface area (Å²) in [5.41, 5.74) is 1.36. The quantitative estimate of drug-likeness (QED) is 0.867. The first-order valence-corrected chi connectivity index (χ1v) is 6.05. The summed E-state index contributed by atoms with van der Waals surface area (Å²) in [6, 6.07) is 7.48. The number of hydrogen-bond acceptors (Lipinski definition) is 2. The first-order valence-electron chi connectivity index (χ1n) is 6.05. The van der Waals surface area contributed by atoms with E-state index >= 15 is 0 Å². The monoisotopic (exact) mass is 244 g/mol. The van der Waals surface area contributed by atoms with Crippen LogP contribution < -0.4 is 10.9 Å². The fourth-order valence-electron chi connectivity index (χ4n) is 2.01. The lowest BCUT2D eigenvalue weighted by Crippen LogP contribution is -2.31. The van der Waals surface area contributed by atoms with Crippen LogP contribution in [0.15, 0.2) is 29.1 Å². The Morgan fingerprint density at radius 3 is 2.78 bits per heavy atom. The van der Waals surface area contributed by atoms with E-state index in [1.807, 2.05) is 31.2 Å². The van der Waals surface area contributed by atoms with Crippen LogP contribution in [0.5, 0.6) is 0 Å². The van der Waals surface area contributed by atoms with Crippen molar-refractivity contribution in [2.24, 2.45) is 0 Å². The molecule has 4 heteroatoms. The lowest BCUT2D eigenvalue weighted by molar-refractivity contribution is 0.0951. The zero-order valence-corrected chi connectivity index (χ0v) is 10.5. The topological polar surface area (TPSA) is 62.0 Å². The van der Waals surface area contributed by atoms with Crippen molar-refractivity contribution in [2.75, 3.05) is 6.54 Å². The number of nitrogens with one attached hydrogen (secondary N) is 2. The molecule has 2 rings (SSSR count). The van der Waals surface area contributed by atoms with E-state index < -0.39 is 0 Å². The van der Waals surface area contributed by atoms with Crippen molar-refractivity contribution in [1.29, 1.82) is 0 Å². The van der Waals surface area contributed by atoms with Crippen molar-refractivity contribution < 1.29 is 4.79 Å². The Morgan fingerprint density at radius 2 is 2.06 bits per heavy atom. The summed E-state index contributed by atoms with van der Waals surface area (Å²) < 4.78 is 0. The first kappa shape index (κ1) is 12.4. The molecule has 0 aliphatic heterocycles. The molecule has 0 saturated heterocycles. The molecule has 1 amide bonds. The van der Waals surface area contributed by atoms with Gasteiger partial charge in [0.25, 0.3) is 11.5 Å². The number of H-pyrrole nitrogens is 1. The molecule has 1 heterocycles. The van der Waals surface area contributed by atoms with Crippen LogP contribution in [0.2, 0.25) is 0 Å². The molecule has 2 N–H and O–H groups in total. The van der Waals surface area contributed by atoms with Crippen LogP contribution in [-0.4, -0.2) is 17.4 Å². The van der Waals surface area contributed by atoms with Crippen molar-refractivity contribution >= 4 is 16.8 Å². The number of carbonyl (C=O) groups is 1. The Kier molecular flexibility index (Phi) is 3.46. The number of benzene rings is 1. The van der Waals surface area contributed by atoms with Gasteiger partial charge in [0.05, 0.1) is 0 Å². The number of hydrogen-bond donors (Lipinski definition) is 2. The van der Waals surface area contributed by atoms with Crippen LogP contribution in [0, 0.1) is 6.92 Å². The third kappa shape index (κ3) is 2.14. The Labute approximate surface area is 105 Å². The number of rotatable bonds is 3.